The van der Waals surface area contributed by atoms with E-state index in [0.29, 0.717) is 11.3 Å². The highest BCUT2D eigenvalue weighted by atomic mass is 16.7. The lowest BCUT2D eigenvalue weighted by atomic mass is 10.1. The molecule has 1 aromatic carbocycles. The first-order valence-electron chi connectivity index (χ1n) is 6.85. The summed E-state index contributed by atoms with van der Waals surface area (Å²) in [5.41, 5.74) is 1.34. The molecule has 0 aromatic heterocycles. The van der Waals surface area contributed by atoms with Gasteiger partial charge < -0.3 is 19.5 Å². The van der Waals surface area contributed by atoms with E-state index < -0.39 is 17.7 Å². The fourth-order valence-corrected chi connectivity index (χ4v) is 2.04. The van der Waals surface area contributed by atoms with Crippen molar-refractivity contribution in [3.05, 3.63) is 36.0 Å². The number of carbonyl (C=O) groups excluding carboxylic acids is 2. The number of anilines is 1. The van der Waals surface area contributed by atoms with Gasteiger partial charge in [-0.25, -0.2) is 0 Å². The van der Waals surface area contributed by atoms with Crippen LogP contribution in [0.25, 0.3) is 0 Å². The molecule has 22 heavy (non-hydrogen) atoms. The van der Waals surface area contributed by atoms with Crippen molar-refractivity contribution >= 4 is 17.8 Å². The third-order valence-electron chi connectivity index (χ3n) is 3.19. The predicted molar refractivity (Wildman–Crippen MR) is 80.7 cm³/mol. The quantitative estimate of drug-likeness (QED) is 0.661. The van der Waals surface area contributed by atoms with Crippen molar-refractivity contribution in [3.8, 4) is 5.75 Å². The summed E-state index contributed by atoms with van der Waals surface area (Å²) in [6.45, 7) is 3.60. The molecule has 0 amide bonds. The van der Waals surface area contributed by atoms with Crippen LogP contribution in [0.4, 0.5) is 5.69 Å². The Kier molecular flexibility index (Phi) is 4.95. The molecule has 1 atom stereocenters. The number of nitrogens with one attached hydrogen (secondary N) is 1. The minimum absolute atomic E-state index is 0.203. The number of benzene rings is 1. The summed E-state index contributed by atoms with van der Waals surface area (Å²) < 4.78 is 16.2. The largest absolute Gasteiger partial charge is 0.497 e. The Morgan fingerprint density at radius 2 is 2.23 bits per heavy atom. The van der Waals surface area contributed by atoms with Crippen LogP contribution < -0.4 is 10.1 Å². The van der Waals surface area contributed by atoms with E-state index in [2.05, 4.69) is 5.32 Å². The molecule has 0 aliphatic carbocycles. The number of hydrogen-bond acceptors (Lipinski definition) is 6. The molecule has 1 heterocycles. The fourth-order valence-electron chi connectivity index (χ4n) is 2.04. The van der Waals surface area contributed by atoms with E-state index in [4.69, 9.17) is 14.2 Å². The zero-order valence-electron chi connectivity index (χ0n) is 12.8. The Labute approximate surface area is 129 Å². The zero-order valence-corrected chi connectivity index (χ0v) is 12.8. The van der Waals surface area contributed by atoms with Gasteiger partial charge in [-0.1, -0.05) is 6.07 Å². The van der Waals surface area contributed by atoms with E-state index in [1.807, 2.05) is 24.3 Å². The van der Waals surface area contributed by atoms with Crippen molar-refractivity contribution in [2.75, 3.05) is 19.0 Å². The van der Waals surface area contributed by atoms with Crippen LogP contribution in [0.1, 0.15) is 13.8 Å². The van der Waals surface area contributed by atoms with Crippen LogP contribution >= 0.6 is 0 Å². The zero-order chi connectivity index (χ0) is 16.2. The number of methoxy groups -OCH3 is 1. The molecule has 1 N–H and O–H groups in total. The number of carbonyl (C=O) groups is 2. The molecule has 0 radical (unpaired) electrons. The molecular formula is C16H19NO5. The summed E-state index contributed by atoms with van der Waals surface area (Å²) in [5.74, 6) is -0.826. The number of hydrogen-bond donors (Lipinski definition) is 1. The van der Waals surface area contributed by atoms with Gasteiger partial charge in [0.25, 0.3) is 0 Å². The molecule has 1 aromatic rings. The van der Waals surface area contributed by atoms with E-state index >= 15 is 0 Å². The Hall–Kier alpha value is -2.18. The molecule has 0 bridgehead atoms. The lowest BCUT2D eigenvalue weighted by Crippen LogP contribution is -2.45. The highest BCUT2D eigenvalue weighted by Crippen LogP contribution is 2.26. The predicted octanol–water partition coefficient (Wildman–Crippen LogP) is 1.91. The van der Waals surface area contributed by atoms with Gasteiger partial charge in [-0.2, -0.15) is 0 Å². The molecule has 1 aliphatic rings. The number of aldehydes is 1. The van der Waals surface area contributed by atoms with Crippen LogP contribution in [0.5, 0.6) is 5.75 Å². The van der Waals surface area contributed by atoms with Gasteiger partial charge in [-0.05, 0) is 26.0 Å². The Balaban J connectivity index is 2.17. The second-order valence-corrected chi connectivity index (χ2v) is 5.30. The monoisotopic (exact) mass is 305 g/mol. The van der Waals surface area contributed by atoms with Crippen LogP contribution in [0, 0.1) is 0 Å². The third-order valence-corrected chi connectivity index (χ3v) is 3.19. The Morgan fingerprint density at radius 1 is 1.45 bits per heavy atom. The SMILES string of the molecule is COc1cccc(NC=C2COC(C)(C)OC2C(=O)C=O)c1. The molecular weight excluding hydrogens is 286 g/mol. The molecule has 2 rings (SSSR count). The normalized spacial score (nSPS) is 22.1. The topological polar surface area (TPSA) is 73.9 Å². The van der Waals surface area contributed by atoms with Crippen LogP contribution in [0.3, 0.4) is 0 Å². The first-order valence-corrected chi connectivity index (χ1v) is 6.85. The molecule has 1 saturated heterocycles. The van der Waals surface area contributed by atoms with Gasteiger partial charge in [0.05, 0.1) is 13.7 Å². The van der Waals surface area contributed by atoms with E-state index in [0.717, 1.165) is 5.69 Å². The molecule has 0 saturated carbocycles. The van der Waals surface area contributed by atoms with Crippen LogP contribution in [-0.4, -0.2) is 37.7 Å². The summed E-state index contributed by atoms with van der Waals surface area (Å²) in [6, 6.07) is 7.32. The molecule has 1 unspecified atom stereocenters. The van der Waals surface area contributed by atoms with Gasteiger partial charge in [-0.3, -0.25) is 9.59 Å². The standard InChI is InChI=1S/C16H19NO5/c1-16(2)21-10-11(15(22-16)14(19)9-18)8-17-12-5-4-6-13(7-12)20-3/h4-9,15,17H,10H2,1-3H3. The molecule has 1 aliphatic heterocycles. The van der Waals surface area contributed by atoms with Gasteiger partial charge in [0.15, 0.2) is 18.2 Å². The maximum atomic E-state index is 11.7. The van der Waals surface area contributed by atoms with E-state index in [1.165, 1.54) is 0 Å². The van der Waals surface area contributed by atoms with Crippen LogP contribution in [0.15, 0.2) is 36.0 Å². The van der Waals surface area contributed by atoms with Gasteiger partial charge in [0.2, 0.25) is 5.78 Å². The highest BCUT2D eigenvalue weighted by Gasteiger charge is 2.36. The lowest BCUT2D eigenvalue weighted by molar-refractivity contribution is -0.247. The first-order chi connectivity index (χ1) is 10.4. The second kappa shape index (κ2) is 6.72. The fraction of sp³-hybridized carbons (Fsp3) is 0.375. The minimum Gasteiger partial charge on any atom is -0.497 e. The van der Waals surface area contributed by atoms with Crippen molar-refractivity contribution in [2.24, 2.45) is 0 Å². The molecule has 118 valence electrons. The summed E-state index contributed by atoms with van der Waals surface area (Å²) in [6.07, 6.45) is 0.959. The smallest absolute Gasteiger partial charge is 0.228 e. The number of ether oxygens (including phenoxy) is 3. The summed E-state index contributed by atoms with van der Waals surface area (Å²) >= 11 is 0. The average molecular weight is 305 g/mol. The minimum atomic E-state index is -0.931. The first kappa shape index (κ1) is 16.2. The molecule has 0 spiro atoms. The van der Waals surface area contributed by atoms with Crippen molar-refractivity contribution in [1.82, 2.24) is 0 Å². The summed E-state index contributed by atoms with van der Waals surface area (Å²) in [5, 5.41) is 3.06. The Morgan fingerprint density at radius 3 is 2.91 bits per heavy atom. The van der Waals surface area contributed by atoms with Crippen molar-refractivity contribution in [3.63, 3.8) is 0 Å². The van der Waals surface area contributed by atoms with Crippen molar-refractivity contribution in [1.29, 1.82) is 0 Å². The van der Waals surface area contributed by atoms with Crippen LogP contribution in [-0.2, 0) is 19.1 Å². The van der Waals surface area contributed by atoms with Gasteiger partial charge in [0, 0.05) is 23.5 Å². The van der Waals surface area contributed by atoms with E-state index in [-0.39, 0.29) is 12.9 Å². The maximum Gasteiger partial charge on any atom is 0.228 e. The molecule has 6 heteroatoms. The number of rotatable bonds is 5. The lowest BCUT2D eigenvalue weighted by Gasteiger charge is -2.36. The van der Waals surface area contributed by atoms with Gasteiger partial charge in [-0.15, -0.1) is 0 Å². The number of ketones is 1. The van der Waals surface area contributed by atoms with Crippen LogP contribution in [0.2, 0.25) is 0 Å². The third kappa shape index (κ3) is 3.93. The van der Waals surface area contributed by atoms with Crippen molar-refractivity contribution in [2.45, 2.75) is 25.7 Å². The van der Waals surface area contributed by atoms with Crippen molar-refractivity contribution < 1.29 is 23.8 Å². The molecule has 6 nitrogen and oxygen atoms in total. The highest BCUT2D eigenvalue weighted by molar-refractivity contribution is 6.28. The van der Waals surface area contributed by atoms with Gasteiger partial charge in [0.1, 0.15) is 5.75 Å². The maximum absolute atomic E-state index is 11.7. The van der Waals surface area contributed by atoms with E-state index in [1.54, 1.807) is 27.2 Å². The van der Waals surface area contributed by atoms with Gasteiger partial charge >= 0.3 is 0 Å². The summed E-state index contributed by atoms with van der Waals surface area (Å²) in [7, 11) is 1.58. The summed E-state index contributed by atoms with van der Waals surface area (Å²) in [4.78, 5) is 22.5. The number of Topliss-reactive ketones (excluding diaryl/α,β-unsaturated/α-hetero) is 1. The molecule has 1 fully saturated rings. The van der Waals surface area contributed by atoms with E-state index in [9.17, 15) is 9.59 Å². The second-order valence-electron chi connectivity index (χ2n) is 5.30. The Bertz CT molecular complexity index is 594. The average Bonchev–Trinajstić information content (AvgIpc) is 2.52.